The molecule has 0 bridgehead atoms. The number of aryl methyl sites for hydroxylation is 3. The highest BCUT2D eigenvalue weighted by atomic mass is 35.5. The van der Waals surface area contributed by atoms with Crippen LogP contribution in [-0.4, -0.2) is 25.5 Å². The van der Waals surface area contributed by atoms with Crippen LogP contribution in [0.3, 0.4) is 0 Å². The number of aromatic nitrogens is 4. The van der Waals surface area contributed by atoms with Crippen molar-refractivity contribution in [2.24, 2.45) is 0 Å². The van der Waals surface area contributed by atoms with Gasteiger partial charge in [-0.2, -0.15) is 4.98 Å². The van der Waals surface area contributed by atoms with Crippen LogP contribution in [0, 0.1) is 20.8 Å². The Bertz CT molecular complexity index is 1180. The summed E-state index contributed by atoms with van der Waals surface area (Å²) in [6, 6.07) is 9.37. The van der Waals surface area contributed by atoms with E-state index in [4.69, 9.17) is 11.6 Å². The Kier molecular flexibility index (Phi) is 4.87. The zero-order valence-corrected chi connectivity index (χ0v) is 17.2. The molecule has 0 radical (unpaired) electrons. The van der Waals surface area contributed by atoms with E-state index in [9.17, 15) is 4.79 Å². The Hall–Kier alpha value is -2.77. The number of benzene rings is 1. The maximum absolute atomic E-state index is 12.7. The van der Waals surface area contributed by atoms with E-state index in [0.29, 0.717) is 22.3 Å². The highest BCUT2D eigenvalue weighted by Crippen LogP contribution is 2.24. The maximum Gasteiger partial charge on any atom is 0.253 e. The molecular weight excluding hydrogens is 394 g/mol. The minimum Gasteiger partial charge on any atom is -0.326 e. The number of amides is 1. The second-order valence-corrected chi connectivity index (χ2v) is 7.95. The van der Waals surface area contributed by atoms with Gasteiger partial charge in [0.2, 0.25) is 5.91 Å². The van der Waals surface area contributed by atoms with Crippen molar-refractivity contribution in [1.29, 1.82) is 0 Å². The summed E-state index contributed by atoms with van der Waals surface area (Å²) in [4.78, 5) is 22.7. The molecule has 28 heavy (non-hydrogen) atoms. The van der Waals surface area contributed by atoms with Crippen molar-refractivity contribution in [3.8, 4) is 10.7 Å². The highest BCUT2D eigenvalue weighted by molar-refractivity contribution is 7.13. The first-order chi connectivity index (χ1) is 13.4. The van der Waals surface area contributed by atoms with Crippen LogP contribution >= 0.6 is 22.9 Å². The van der Waals surface area contributed by atoms with Crippen LogP contribution in [-0.2, 0) is 11.2 Å². The van der Waals surface area contributed by atoms with Crippen molar-refractivity contribution in [3.05, 3.63) is 63.2 Å². The van der Waals surface area contributed by atoms with E-state index >= 15 is 0 Å². The van der Waals surface area contributed by atoms with E-state index in [1.165, 1.54) is 0 Å². The summed E-state index contributed by atoms with van der Waals surface area (Å²) in [5.41, 5.74) is 4.13. The van der Waals surface area contributed by atoms with Crippen molar-refractivity contribution in [1.82, 2.24) is 19.6 Å². The monoisotopic (exact) mass is 411 g/mol. The Morgan fingerprint density at radius 1 is 1.21 bits per heavy atom. The Morgan fingerprint density at radius 2 is 2.04 bits per heavy atom. The number of rotatable bonds is 4. The van der Waals surface area contributed by atoms with Crippen LogP contribution in [0.1, 0.15) is 22.5 Å². The van der Waals surface area contributed by atoms with Crippen molar-refractivity contribution >= 4 is 40.3 Å². The predicted molar refractivity (Wildman–Crippen MR) is 112 cm³/mol. The summed E-state index contributed by atoms with van der Waals surface area (Å²) in [6.45, 7) is 5.75. The van der Waals surface area contributed by atoms with Gasteiger partial charge < -0.3 is 5.32 Å². The first kappa shape index (κ1) is 18.6. The summed E-state index contributed by atoms with van der Waals surface area (Å²) >= 11 is 7.62. The minimum absolute atomic E-state index is 0.128. The van der Waals surface area contributed by atoms with Gasteiger partial charge in [0.25, 0.3) is 5.78 Å². The van der Waals surface area contributed by atoms with Gasteiger partial charge in [-0.25, -0.2) is 9.50 Å². The normalized spacial score (nSPS) is 11.1. The number of hydrogen-bond acceptors (Lipinski definition) is 5. The number of fused-ring (bicyclic) bond motifs is 1. The maximum atomic E-state index is 12.7. The molecular formula is C20H18ClN5OS. The van der Waals surface area contributed by atoms with Gasteiger partial charge in [-0.1, -0.05) is 23.7 Å². The van der Waals surface area contributed by atoms with Gasteiger partial charge in [0.15, 0.2) is 5.82 Å². The quantitative estimate of drug-likeness (QED) is 0.532. The molecule has 1 amide bonds. The fourth-order valence-corrected chi connectivity index (χ4v) is 3.88. The van der Waals surface area contributed by atoms with Gasteiger partial charge in [0.1, 0.15) is 0 Å². The van der Waals surface area contributed by atoms with Crippen LogP contribution in [0.5, 0.6) is 0 Å². The molecule has 0 saturated heterocycles. The molecule has 0 saturated carbocycles. The Balaban J connectivity index is 1.64. The molecule has 6 nitrogen and oxygen atoms in total. The lowest BCUT2D eigenvalue weighted by molar-refractivity contribution is -0.115. The van der Waals surface area contributed by atoms with Gasteiger partial charge >= 0.3 is 0 Å². The third-order valence-corrected chi connectivity index (χ3v) is 5.70. The Labute approximate surface area is 171 Å². The van der Waals surface area contributed by atoms with E-state index < -0.39 is 0 Å². The van der Waals surface area contributed by atoms with Gasteiger partial charge in [0.05, 0.1) is 11.3 Å². The molecule has 0 aliphatic rings. The van der Waals surface area contributed by atoms with E-state index in [1.807, 2.05) is 44.4 Å². The lowest BCUT2D eigenvalue weighted by atomic mass is 10.1. The first-order valence-corrected chi connectivity index (χ1v) is 10.0. The van der Waals surface area contributed by atoms with Gasteiger partial charge in [-0.05, 0) is 49.9 Å². The molecule has 8 heteroatoms. The SMILES string of the molecule is Cc1ccc(Cl)cc1NC(=O)Cc1c(C)nc2nc(-c3cccs3)nn2c1C. The molecule has 0 fully saturated rings. The van der Waals surface area contributed by atoms with E-state index in [2.05, 4.69) is 20.4 Å². The number of halogens is 1. The predicted octanol–water partition coefficient (Wildman–Crippen LogP) is 4.61. The number of hydrogen-bond donors (Lipinski definition) is 1. The summed E-state index contributed by atoms with van der Waals surface area (Å²) < 4.78 is 1.70. The van der Waals surface area contributed by atoms with Gasteiger partial charge in [-0.3, -0.25) is 4.79 Å². The minimum atomic E-state index is -0.128. The van der Waals surface area contributed by atoms with Crippen LogP contribution in [0.25, 0.3) is 16.5 Å². The smallest absolute Gasteiger partial charge is 0.253 e. The number of anilines is 1. The van der Waals surface area contributed by atoms with Crippen molar-refractivity contribution in [2.75, 3.05) is 5.32 Å². The molecule has 3 aromatic heterocycles. The highest BCUT2D eigenvalue weighted by Gasteiger charge is 2.17. The molecule has 4 aromatic rings. The molecule has 0 atom stereocenters. The standard InChI is InChI=1S/C20H18ClN5OS/c1-11-6-7-14(21)9-16(11)23-18(27)10-15-12(2)22-20-24-19(17-5-4-8-28-17)25-26(20)13(15)3/h4-9H,10H2,1-3H3,(H,23,27). The molecule has 0 unspecified atom stereocenters. The summed E-state index contributed by atoms with van der Waals surface area (Å²) in [5.74, 6) is 1.05. The van der Waals surface area contributed by atoms with Gasteiger partial charge in [0, 0.05) is 27.7 Å². The fourth-order valence-electron chi connectivity index (χ4n) is 3.06. The third kappa shape index (κ3) is 3.50. The van der Waals surface area contributed by atoms with Crippen molar-refractivity contribution in [3.63, 3.8) is 0 Å². The second kappa shape index (κ2) is 7.33. The number of carbonyl (C=O) groups excluding carboxylic acids is 1. The van der Waals surface area contributed by atoms with Crippen LogP contribution in [0.2, 0.25) is 5.02 Å². The van der Waals surface area contributed by atoms with Crippen LogP contribution in [0.15, 0.2) is 35.7 Å². The van der Waals surface area contributed by atoms with Crippen LogP contribution in [0.4, 0.5) is 5.69 Å². The van der Waals surface area contributed by atoms with E-state index in [-0.39, 0.29) is 12.3 Å². The zero-order chi connectivity index (χ0) is 19.8. The molecule has 1 aromatic carbocycles. The summed E-state index contributed by atoms with van der Waals surface area (Å²) in [5, 5.41) is 10.1. The van der Waals surface area contributed by atoms with Crippen LogP contribution < -0.4 is 5.32 Å². The number of carbonyl (C=O) groups is 1. The second-order valence-electron chi connectivity index (χ2n) is 6.57. The molecule has 3 heterocycles. The Morgan fingerprint density at radius 3 is 2.79 bits per heavy atom. The average molecular weight is 412 g/mol. The molecule has 142 valence electrons. The molecule has 1 N–H and O–H groups in total. The molecule has 0 aliphatic carbocycles. The number of nitrogens with one attached hydrogen (secondary N) is 1. The van der Waals surface area contributed by atoms with Crippen molar-refractivity contribution in [2.45, 2.75) is 27.2 Å². The third-order valence-electron chi connectivity index (χ3n) is 4.60. The largest absolute Gasteiger partial charge is 0.326 e. The summed E-state index contributed by atoms with van der Waals surface area (Å²) in [6.07, 6.45) is 0.195. The fraction of sp³-hybridized carbons (Fsp3) is 0.200. The average Bonchev–Trinajstić information content (AvgIpc) is 3.31. The lowest BCUT2D eigenvalue weighted by Gasteiger charge is -2.12. The topological polar surface area (TPSA) is 72.2 Å². The summed E-state index contributed by atoms with van der Waals surface area (Å²) in [7, 11) is 0. The zero-order valence-electron chi connectivity index (χ0n) is 15.7. The number of nitrogens with zero attached hydrogens (tertiary/aromatic N) is 4. The van der Waals surface area contributed by atoms with E-state index in [1.54, 1.807) is 28.0 Å². The molecule has 4 rings (SSSR count). The van der Waals surface area contributed by atoms with Crippen molar-refractivity contribution < 1.29 is 4.79 Å². The number of thiophene rings is 1. The first-order valence-electron chi connectivity index (χ1n) is 8.75. The lowest BCUT2D eigenvalue weighted by Crippen LogP contribution is -2.18. The van der Waals surface area contributed by atoms with Gasteiger partial charge in [-0.15, -0.1) is 16.4 Å². The van der Waals surface area contributed by atoms with E-state index in [0.717, 1.165) is 27.4 Å². The molecule has 0 spiro atoms. The molecule has 0 aliphatic heterocycles.